The SMILES string of the molecule is CC1CCCCN1C(=O)c1cnc(Cl)c(Cl)c1. The third kappa shape index (κ3) is 2.72. The van der Waals surface area contributed by atoms with Crippen LogP contribution in [0, 0.1) is 0 Å². The van der Waals surface area contributed by atoms with Gasteiger partial charge in [-0.05, 0) is 32.3 Å². The Morgan fingerprint density at radius 3 is 2.88 bits per heavy atom. The van der Waals surface area contributed by atoms with Crippen molar-refractivity contribution in [2.45, 2.75) is 32.2 Å². The van der Waals surface area contributed by atoms with Gasteiger partial charge >= 0.3 is 0 Å². The number of likely N-dealkylation sites (tertiary alicyclic amines) is 1. The molecule has 1 saturated heterocycles. The van der Waals surface area contributed by atoms with Crippen LogP contribution in [0.4, 0.5) is 0 Å². The normalized spacial score (nSPS) is 20.4. The predicted octanol–water partition coefficient (Wildman–Crippen LogP) is 3.40. The maximum absolute atomic E-state index is 12.3. The van der Waals surface area contributed by atoms with Gasteiger partial charge in [0.05, 0.1) is 10.6 Å². The van der Waals surface area contributed by atoms with E-state index in [0.29, 0.717) is 10.6 Å². The van der Waals surface area contributed by atoms with Crippen molar-refractivity contribution in [3.63, 3.8) is 0 Å². The fraction of sp³-hybridized carbons (Fsp3) is 0.500. The number of hydrogen-bond acceptors (Lipinski definition) is 2. The molecule has 1 amide bonds. The zero-order valence-corrected chi connectivity index (χ0v) is 11.1. The second-order valence-electron chi connectivity index (χ2n) is 4.34. The van der Waals surface area contributed by atoms with Crippen molar-refractivity contribution in [2.75, 3.05) is 6.54 Å². The number of carbonyl (C=O) groups excluding carboxylic acids is 1. The lowest BCUT2D eigenvalue weighted by atomic mass is 10.0. The minimum absolute atomic E-state index is 0.0109. The molecule has 0 spiro atoms. The number of piperidine rings is 1. The summed E-state index contributed by atoms with van der Waals surface area (Å²) in [6.45, 7) is 2.88. The summed E-state index contributed by atoms with van der Waals surface area (Å²) in [5.41, 5.74) is 0.508. The molecule has 0 saturated carbocycles. The van der Waals surface area contributed by atoms with Gasteiger partial charge in [0.25, 0.3) is 5.91 Å². The van der Waals surface area contributed by atoms with Crippen LogP contribution in [0.15, 0.2) is 12.3 Å². The lowest BCUT2D eigenvalue weighted by molar-refractivity contribution is 0.0635. The van der Waals surface area contributed by atoms with Gasteiger partial charge in [0.15, 0.2) is 0 Å². The molecule has 1 aliphatic rings. The molecule has 1 aromatic heterocycles. The smallest absolute Gasteiger partial charge is 0.255 e. The molecule has 3 nitrogen and oxygen atoms in total. The summed E-state index contributed by atoms with van der Waals surface area (Å²) in [6.07, 6.45) is 4.79. The molecule has 0 radical (unpaired) electrons. The first-order valence-electron chi connectivity index (χ1n) is 5.71. The van der Waals surface area contributed by atoms with Crippen LogP contribution in [0.1, 0.15) is 36.5 Å². The van der Waals surface area contributed by atoms with Gasteiger partial charge in [-0.1, -0.05) is 23.2 Å². The maximum Gasteiger partial charge on any atom is 0.255 e. The number of rotatable bonds is 1. The summed E-state index contributed by atoms with van der Waals surface area (Å²) in [5.74, 6) is -0.0109. The lowest BCUT2D eigenvalue weighted by Crippen LogP contribution is -2.42. The first-order chi connectivity index (χ1) is 8.09. The molecule has 0 N–H and O–H groups in total. The summed E-state index contributed by atoms with van der Waals surface area (Å²) in [6, 6.07) is 1.87. The zero-order valence-electron chi connectivity index (χ0n) is 9.62. The van der Waals surface area contributed by atoms with E-state index in [9.17, 15) is 4.79 Å². The van der Waals surface area contributed by atoms with E-state index in [2.05, 4.69) is 11.9 Å². The Bertz CT molecular complexity index is 437. The monoisotopic (exact) mass is 272 g/mol. The number of nitrogens with zero attached hydrogens (tertiary/aromatic N) is 2. The predicted molar refractivity (Wildman–Crippen MR) is 68.6 cm³/mol. The Kier molecular flexibility index (Phi) is 3.89. The fourth-order valence-corrected chi connectivity index (χ4v) is 2.37. The number of pyridine rings is 1. The average Bonchev–Trinajstić information content (AvgIpc) is 2.32. The van der Waals surface area contributed by atoms with Crippen LogP contribution < -0.4 is 0 Å². The number of aromatic nitrogens is 1. The van der Waals surface area contributed by atoms with Crippen molar-refractivity contribution < 1.29 is 4.79 Å². The zero-order chi connectivity index (χ0) is 12.4. The quantitative estimate of drug-likeness (QED) is 0.735. The highest BCUT2D eigenvalue weighted by atomic mass is 35.5. The van der Waals surface area contributed by atoms with Crippen molar-refractivity contribution >= 4 is 29.1 Å². The maximum atomic E-state index is 12.3. The summed E-state index contributed by atoms with van der Waals surface area (Å²) in [7, 11) is 0. The van der Waals surface area contributed by atoms with Gasteiger partial charge in [-0.2, -0.15) is 0 Å². The minimum atomic E-state index is -0.0109. The second kappa shape index (κ2) is 5.23. The summed E-state index contributed by atoms with van der Waals surface area (Å²) < 4.78 is 0. The fourth-order valence-electron chi connectivity index (χ4n) is 2.10. The Morgan fingerprint density at radius 2 is 2.24 bits per heavy atom. The molecule has 2 rings (SSSR count). The van der Waals surface area contributed by atoms with E-state index in [-0.39, 0.29) is 17.1 Å². The van der Waals surface area contributed by atoms with E-state index in [1.807, 2.05) is 4.90 Å². The third-order valence-electron chi connectivity index (χ3n) is 3.11. The topological polar surface area (TPSA) is 33.2 Å². The van der Waals surface area contributed by atoms with Crippen LogP contribution in [0.3, 0.4) is 0 Å². The molecule has 5 heteroatoms. The molecule has 0 bridgehead atoms. The Balaban J connectivity index is 2.21. The van der Waals surface area contributed by atoms with Gasteiger partial charge < -0.3 is 4.90 Å². The Morgan fingerprint density at radius 1 is 1.47 bits per heavy atom. The molecular weight excluding hydrogens is 259 g/mol. The average molecular weight is 273 g/mol. The van der Waals surface area contributed by atoms with Gasteiger partial charge in [-0.15, -0.1) is 0 Å². The van der Waals surface area contributed by atoms with Crippen LogP contribution in [-0.4, -0.2) is 28.4 Å². The molecule has 0 aromatic carbocycles. The standard InChI is InChI=1S/C12H14Cl2N2O/c1-8-4-2-3-5-16(8)12(17)9-6-10(13)11(14)15-7-9/h6-8H,2-5H2,1H3. The highest BCUT2D eigenvalue weighted by Crippen LogP contribution is 2.23. The highest BCUT2D eigenvalue weighted by Gasteiger charge is 2.24. The third-order valence-corrected chi connectivity index (χ3v) is 3.79. The Hall–Kier alpha value is -0.800. The lowest BCUT2D eigenvalue weighted by Gasteiger charge is -2.33. The van der Waals surface area contributed by atoms with E-state index in [1.165, 1.54) is 12.6 Å². The molecule has 1 aliphatic heterocycles. The first-order valence-corrected chi connectivity index (χ1v) is 6.47. The summed E-state index contributed by atoms with van der Waals surface area (Å²) in [5, 5.41) is 0.553. The van der Waals surface area contributed by atoms with Gasteiger partial charge in [0.1, 0.15) is 5.15 Å². The van der Waals surface area contributed by atoms with Gasteiger partial charge in [-0.3, -0.25) is 4.79 Å². The van der Waals surface area contributed by atoms with E-state index in [0.717, 1.165) is 19.4 Å². The molecule has 1 atom stereocenters. The van der Waals surface area contributed by atoms with Gasteiger partial charge in [0.2, 0.25) is 0 Å². The molecule has 92 valence electrons. The van der Waals surface area contributed by atoms with Crippen molar-refractivity contribution in [2.24, 2.45) is 0 Å². The van der Waals surface area contributed by atoms with Crippen LogP contribution in [-0.2, 0) is 0 Å². The largest absolute Gasteiger partial charge is 0.336 e. The number of hydrogen-bond donors (Lipinski definition) is 0. The molecule has 2 heterocycles. The van der Waals surface area contributed by atoms with Gasteiger partial charge in [0, 0.05) is 18.8 Å². The summed E-state index contributed by atoms with van der Waals surface area (Å²) in [4.78, 5) is 18.0. The van der Waals surface area contributed by atoms with Crippen molar-refractivity contribution in [1.82, 2.24) is 9.88 Å². The van der Waals surface area contributed by atoms with Crippen molar-refractivity contribution in [3.05, 3.63) is 28.0 Å². The Labute approximate surface area is 111 Å². The molecule has 1 unspecified atom stereocenters. The molecule has 0 aliphatic carbocycles. The highest BCUT2D eigenvalue weighted by molar-refractivity contribution is 6.41. The number of carbonyl (C=O) groups is 1. The van der Waals surface area contributed by atoms with E-state index in [4.69, 9.17) is 23.2 Å². The number of amides is 1. The molecular formula is C12H14Cl2N2O. The van der Waals surface area contributed by atoms with Crippen molar-refractivity contribution in [3.8, 4) is 0 Å². The van der Waals surface area contributed by atoms with Crippen molar-refractivity contribution in [1.29, 1.82) is 0 Å². The molecule has 1 aromatic rings. The van der Waals surface area contributed by atoms with Gasteiger partial charge in [-0.25, -0.2) is 4.98 Å². The van der Waals surface area contributed by atoms with E-state index in [1.54, 1.807) is 6.07 Å². The minimum Gasteiger partial charge on any atom is -0.336 e. The van der Waals surface area contributed by atoms with Crippen LogP contribution in [0.5, 0.6) is 0 Å². The molecule has 1 fully saturated rings. The van der Waals surface area contributed by atoms with E-state index >= 15 is 0 Å². The van der Waals surface area contributed by atoms with Crippen LogP contribution in [0.25, 0.3) is 0 Å². The van der Waals surface area contributed by atoms with E-state index < -0.39 is 0 Å². The first kappa shape index (κ1) is 12.7. The summed E-state index contributed by atoms with van der Waals surface area (Å²) >= 11 is 11.6. The van der Waals surface area contributed by atoms with Crippen LogP contribution in [0.2, 0.25) is 10.2 Å². The second-order valence-corrected chi connectivity index (χ2v) is 5.11. The van der Waals surface area contributed by atoms with Crippen LogP contribution >= 0.6 is 23.2 Å². The number of halogens is 2. The molecule has 17 heavy (non-hydrogen) atoms.